The molecular formula is C16H23N3O2. The molecule has 0 fully saturated rings. The van der Waals surface area contributed by atoms with Gasteiger partial charge in [-0.25, -0.2) is 0 Å². The Kier molecular flexibility index (Phi) is 4.63. The summed E-state index contributed by atoms with van der Waals surface area (Å²) in [4.78, 5) is 25.8. The molecule has 1 aromatic rings. The molecule has 0 aromatic heterocycles. The molecule has 1 aliphatic rings. The number of carbonyl (C=O) groups excluding carboxylic acids is 2. The molecule has 2 amide bonds. The molecule has 1 aromatic carbocycles. The molecule has 114 valence electrons. The Morgan fingerprint density at radius 3 is 2.48 bits per heavy atom. The molecule has 0 unspecified atom stereocenters. The maximum Gasteiger partial charge on any atom is 0.240 e. The molecule has 1 heterocycles. The van der Waals surface area contributed by atoms with E-state index in [1.807, 2.05) is 38.1 Å². The molecule has 2 rings (SSSR count). The van der Waals surface area contributed by atoms with E-state index in [4.69, 9.17) is 11.5 Å². The Balaban J connectivity index is 2.24. The van der Waals surface area contributed by atoms with Gasteiger partial charge in [0, 0.05) is 13.0 Å². The van der Waals surface area contributed by atoms with Crippen LogP contribution in [0.1, 0.15) is 31.4 Å². The highest BCUT2D eigenvalue weighted by atomic mass is 16.2. The number of hydrogen-bond donors (Lipinski definition) is 2. The van der Waals surface area contributed by atoms with Crippen LogP contribution in [0.2, 0.25) is 0 Å². The van der Waals surface area contributed by atoms with Crippen molar-refractivity contribution < 1.29 is 9.59 Å². The average molecular weight is 289 g/mol. The van der Waals surface area contributed by atoms with Crippen molar-refractivity contribution >= 4 is 11.8 Å². The molecule has 0 bridgehead atoms. The summed E-state index contributed by atoms with van der Waals surface area (Å²) in [5.41, 5.74) is 13.6. The van der Waals surface area contributed by atoms with Crippen LogP contribution in [0.4, 0.5) is 0 Å². The number of rotatable bonds is 4. The number of benzene rings is 1. The van der Waals surface area contributed by atoms with Crippen molar-refractivity contribution in [2.75, 3.05) is 0 Å². The van der Waals surface area contributed by atoms with Crippen LogP contribution in [-0.4, -0.2) is 28.8 Å². The van der Waals surface area contributed by atoms with Crippen LogP contribution in [0.15, 0.2) is 24.3 Å². The van der Waals surface area contributed by atoms with E-state index in [0.29, 0.717) is 25.3 Å². The number of fused-ring (bicyclic) bond motifs is 1. The molecule has 5 heteroatoms. The van der Waals surface area contributed by atoms with Gasteiger partial charge in [0.05, 0.1) is 6.04 Å². The lowest BCUT2D eigenvalue weighted by Crippen LogP contribution is -2.55. The molecule has 5 nitrogen and oxygen atoms in total. The van der Waals surface area contributed by atoms with E-state index >= 15 is 0 Å². The largest absolute Gasteiger partial charge is 0.368 e. The Hall–Kier alpha value is -1.88. The van der Waals surface area contributed by atoms with Gasteiger partial charge in [-0.1, -0.05) is 38.1 Å². The number of carbonyl (C=O) groups is 2. The zero-order chi connectivity index (χ0) is 15.6. The van der Waals surface area contributed by atoms with Crippen LogP contribution in [-0.2, 0) is 22.6 Å². The first-order valence-electron chi connectivity index (χ1n) is 7.32. The molecule has 2 atom stereocenters. The predicted octanol–water partition coefficient (Wildman–Crippen LogP) is 0.799. The lowest BCUT2D eigenvalue weighted by Gasteiger charge is -2.36. The van der Waals surface area contributed by atoms with Crippen LogP contribution in [0, 0.1) is 5.92 Å². The van der Waals surface area contributed by atoms with Gasteiger partial charge in [-0.3, -0.25) is 9.59 Å². The molecule has 0 radical (unpaired) electrons. The first kappa shape index (κ1) is 15.5. The van der Waals surface area contributed by atoms with Gasteiger partial charge >= 0.3 is 0 Å². The summed E-state index contributed by atoms with van der Waals surface area (Å²) in [6.45, 7) is 4.43. The van der Waals surface area contributed by atoms with Crippen molar-refractivity contribution in [1.82, 2.24) is 4.90 Å². The van der Waals surface area contributed by atoms with E-state index < -0.39 is 18.0 Å². The summed E-state index contributed by atoms with van der Waals surface area (Å²) >= 11 is 0. The summed E-state index contributed by atoms with van der Waals surface area (Å²) in [6.07, 6.45) is 1.06. The lowest BCUT2D eigenvalue weighted by atomic mass is 9.92. The van der Waals surface area contributed by atoms with E-state index in [2.05, 4.69) is 0 Å². The molecule has 0 saturated carbocycles. The first-order valence-corrected chi connectivity index (χ1v) is 7.32. The van der Waals surface area contributed by atoms with Gasteiger partial charge in [0.25, 0.3) is 0 Å². The van der Waals surface area contributed by atoms with Crippen LogP contribution in [0.5, 0.6) is 0 Å². The van der Waals surface area contributed by atoms with Crippen molar-refractivity contribution in [1.29, 1.82) is 0 Å². The third-order valence-corrected chi connectivity index (χ3v) is 3.90. The summed E-state index contributed by atoms with van der Waals surface area (Å²) in [5.74, 6) is -0.343. The fourth-order valence-electron chi connectivity index (χ4n) is 2.83. The van der Waals surface area contributed by atoms with E-state index in [-0.39, 0.29) is 5.91 Å². The fraction of sp³-hybridized carbons (Fsp3) is 0.500. The van der Waals surface area contributed by atoms with Gasteiger partial charge < -0.3 is 16.4 Å². The third-order valence-electron chi connectivity index (χ3n) is 3.90. The molecule has 21 heavy (non-hydrogen) atoms. The minimum absolute atomic E-state index is 0.193. The quantitative estimate of drug-likeness (QED) is 0.859. The van der Waals surface area contributed by atoms with Crippen molar-refractivity contribution in [2.45, 2.75) is 45.3 Å². The van der Waals surface area contributed by atoms with Gasteiger partial charge in [0.1, 0.15) is 6.04 Å². The van der Waals surface area contributed by atoms with Crippen molar-refractivity contribution in [3.05, 3.63) is 35.4 Å². The normalized spacial score (nSPS) is 19.2. The zero-order valence-electron chi connectivity index (χ0n) is 12.6. The minimum Gasteiger partial charge on any atom is -0.368 e. The molecule has 4 N–H and O–H groups in total. The lowest BCUT2D eigenvalue weighted by molar-refractivity contribution is -0.142. The topological polar surface area (TPSA) is 89.4 Å². The van der Waals surface area contributed by atoms with Crippen LogP contribution < -0.4 is 11.5 Å². The molecular weight excluding hydrogens is 266 g/mol. The summed E-state index contributed by atoms with van der Waals surface area (Å²) in [7, 11) is 0. The predicted molar refractivity (Wildman–Crippen MR) is 81.1 cm³/mol. The summed E-state index contributed by atoms with van der Waals surface area (Å²) < 4.78 is 0. The molecule has 0 aliphatic carbocycles. The smallest absolute Gasteiger partial charge is 0.240 e. The number of nitrogens with zero attached hydrogens (tertiary/aromatic N) is 1. The Morgan fingerprint density at radius 1 is 1.29 bits per heavy atom. The number of nitrogens with two attached hydrogens (primary N) is 2. The summed E-state index contributed by atoms with van der Waals surface area (Å²) in [5, 5.41) is 0. The van der Waals surface area contributed by atoms with Gasteiger partial charge in [-0.2, -0.15) is 0 Å². The number of primary amides is 1. The Morgan fingerprint density at radius 2 is 1.90 bits per heavy atom. The van der Waals surface area contributed by atoms with Crippen LogP contribution in [0.25, 0.3) is 0 Å². The highest BCUT2D eigenvalue weighted by molar-refractivity contribution is 5.89. The zero-order valence-corrected chi connectivity index (χ0v) is 12.6. The highest BCUT2D eigenvalue weighted by Crippen LogP contribution is 2.24. The van der Waals surface area contributed by atoms with Gasteiger partial charge in [0.15, 0.2) is 0 Å². The number of hydrogen-bond acceptors (Lipinski definition) is 3. The van der Waals surface area contributed by atoms with Gasteiger partial charge in [-0.15, -0.1) is 0 Å². The van der Waals surface area contributed by atoms with E-state index in [0.717, 1.165) is 11.1 Å². The fourth-order valence-corrected chi connectivity index (χ4v) is 2.83. The third kappa shape index (κ3) is 3.42. The van der Waals surface area contributed by atoms with Crippen LogP contribution >= 0.6 is 0 Å². The maximum atomic E-state index is 12.6. The highest BCUT2D eigenvalue weighted by Gasteiger charge is 2.35. The van der Waals surface area contributed by atoms with E-state index in [9.17, 15) is 9.59 Å². The first-order chi connectivity index (χ1) is 9.90. The van der Waals surface area contributed by atoms with Crippen molar-refractivity contribution in [3.63, 3.8) is 0 Å². The van der Waals surface area contributed by atoms with Gasteiger partial charge in [0.2, 0.25) is 11.8 Å². The van der Waals surface area contributed by atoms with Crippen molar-refractivity contribution in [2.24, 2.45) is 17.4 Å². The number of amides is 2. The minimum atomic E-state index is -0.606. The Labute approximate surface area is 125 Å². The summed E-state index contributed by atoms with van der Waals surface area (Å²) in [6, 6.07) is 6.61. The second-order valence-corrected chi connectivity index (χ2v) is 6.09. The second kappa shape index (κ2) is 6.26. The average Bonchev–Trinajstić information content (AvgIpc) is 2.44. The van der Waals surface area contributed by atoms with Crippen molar-refractivity contribution in [3.8, 4) is 0 Å². The monoisotopic (exact) mass is 289 g/mol. The SMILES string of the molecule is CC(C)C[C@@H](N)C(=O)N1Cc2ccccc2C[C@H]1C(N)=O. The second-order valence-electron chi connectivity index (χ2n) is 6.09. The molecule has 1 aliphatic heterocycles. The molecule has 0 saturated heterocycles. The van der Waals surface area contributed by atoms with Crippen LogP contribution in [0.3, 0.4) is 0 Å². The van der Waals surface area contributed by atoms with E-state index in [1.54, 1.807) is 0 Å². The standard InChI is InChI=1S/C16H23N3O2/c1-10(2)7-13(17)16(21)19-9-12-6-4-3-5-11(12)8-14(19)15(18)20/h3-6,10,13-14H,7-9,17H2,1-2H3,(H2,18,20)/t13-,14+/m1/s1. The Bertz CT molecular complexity index is 542. The van der Waals surface area contributed by atoms with Gasteiger partial charge in [-0.05, 0) is 23.5 Å². The molecule has 0 spiro atoms. The maximum absolute atomic E-state index is 12.6. The van der Waals surface area contributed by atoms with E-state index in [1.165, 1.54) is 4.90 Å².